The molecule has 0 fully saturated rings. The maximum absolute atomic E-state index is 9.68. The van der Waals surface area contributed by atoms with Crippen molar-refractivity contribution in [2.45, 2.75) is 12.5 Å². The molecule has 1 unspecified atom stereocenters. The minimum absolute atomic E-state index is 0.457. The van der Waals surface area contributed by atoms with Gasteiger partial charge in [0.1, 0.15) is 0 Å². The lowest BCUT2D eigenvalue weighted by molar-refractivity contribution is 0.168. The SMILES string of the molecule is OC1CCNc2ccc(Cl)c(Cl)c21. The van der Waals surface area contributed by atoms with Gasteiger partial charge in [-0.15, -0.1) is 0 Å². The van der Waals surface area contributed by atoms with Crippen molar-refractivity contribution in [1.29, 1.82) is 0 Å². The normalized spacial score (nSPS) is 20.7. The van der Waals surface area contributed by atoms with Crippen LogP contribution in [0.1, 0.15) is 18.1 Å². The zero-order chi connectivity index (χ0) is 9.42. The van der Waals surface area contributed by atoms with Gasteiger partial charge in [0.2, 0.25) is 0 Å². The highest BCUT2D eigenvalue weighted by Crippen LogP contribution is 2.39. The van der Waals surface area contributed by atoms with Crippen molar-refractivity contribution in [1.82, 2.24) is 0 Å². The Bertz CT molecular complexity index is 341. The second-order valence-electron chi connectivity index (χ2n) is 3.05. The van der Waals surface area contributed by atoms with E-state index in [4.69, 9.17) is 23.2 Å². The molecule has 1 aliphatic rings. The second kappa shape index (κ2) is 3.37. The maximum atomic E-state index is 9.68. The largest absolute Gasteiger partial charge is 0.388 e. The van der Waals surface area contributed by atoms with Gasteiger partial charge in [0.15, 0.2) is 0 Å². The van der Waals surface area contributed by atoms with Crippen LogP contribution in [0.2, 0.25) is 10.0 Å². The lowest BCUT2D eigenvalue weighted by Crippen LogP contribution is -2.16. The van der Waals surface area contributed by atoms with Crippen LogP contribution in [0.15, 0.2) is 12.1 Å². The molecule has 0 aromatic heterocycles. The van der Waals surface area contributed by atoms with Gasteiger partial charge in [-0.3, -0.25) is 0 Å². The third-order valence-corrected chi connectivity index (χ3v) is 3.02. The molecule has 0 saturated heterocycles. The smallest absolute Gasteiger partial charge is 0.0842 e. The first-order chi connectivity index (χ1) is 6.20. The highest BCUT2D eigenvalue weighted by Gasteiger charge is 2.21. The van der Waals surface area contributed by atoms with Crippen LogP contribution in [0.25, 0.3) is 0 Å². The van der Waals surface area contributed by atoms with E-state index in [-0.39, 0.29) is 0 Å². The van der Waals surface area contributed by atoms with Gasteiger partial charge in [0.05, 0.1) is 16.1 Å². The fourth-order valence-corrected chi connectivity index (χ4v) is 1.99. The average molecular weight is 218 g/mol. The highest BCUT2D eigenvalue weighted by molar-refractivity contribution is 6.42. The molecule has 2 N–H and O–H groups in total. The Kier molecular flexibility index (Phi) is 2.37. The van der Waals surface area contributed by atoms with Gasteiger partial charge in [0, 0.05) is 17.8 Å². The Morgan fingerprint density at radius 3 is 2.92 bits per heavy atom. The van der Waals surface area contributed by atoms with Gasteiger partial charge in [-0.1, -0.05) is 23.2 Å². The summed E-state index contributed by atoms with van der Waals surface area (Å²) < 4.78 is 0. The predicted octanol–water partition coefficient (Wildman–Crippen LogP) is 2.84. The Labute approximate surface area is 86.5 Å². The van der Waals surface area contributed by atoms with Crippen molar-refractivity contribution in [2.24, 2.45) is 0 Å². The number of aliphatic hydroxyl groups excluding tert-OH is 1. The van der Waals surface area contributed by atoms with E-state index in [1.54, 1.807) is 6.07 Å². The van der Waals surface area contributed by atoms with Gasteiger partial charge in [-0.05, 0) is 18.6 Å². The lowest BCUT2D eigenvalue weighted by atomic mass is 10.0. The molecule has 1 aliphatic heterocycles. The summed E-state index contributed by atoms with van der Waals surface area (Å²) in [4.78, 5) is 0. The quantitative estimate of drug-likeness (QED) is 0.701. The summed E-state index contributed by atoms with van der Waals surface area (Å²) in [5.74, 6) is 0. The van der Waals surface area contributed by atoms with E-state index in [1.807, 2.05) is 6.07 Å². The van der Waals surface area contributed by atoms with Crippen LogP contribution < -0.4 is 5.32 Å². The van der Waals surface area contributed by atoms with Crippen molar-refractivity contribution >= 4 is 28.9 Å². The number of rotatable bonds is 0. The van der Waals surface area contributed by atoms with Gasteiger partial charge < -0.3 is 10.4 Å². The summed E-state index contributed by atoms with van der Waals surface area (Å²) in [6.07, 6.45) is 0.176. The minimum Gasteiger partial charge on any atom is -0.388 e. The monoisotopic (exact) mass is 217 g/mol. The first-order valence-electron chi connectivity index (χ1n) is 4.10. The third-order valence-electron chi connectivity index (χ3n) is 2.20. The number of nitrogens with one attached hydrogen (secondary N) is 1. The topological polar surface area (TPSA) is 32.3 Å². The third kappa shape index (κ3) is 1.50. The van der Waals surface area contributed by atoms with Crippen LogP contribution in [0.5, 0.6) is 0 Å². The average Bonchev–Trinajstić information content (AvgIpc) is 2.12. The van der Waals surface area contributed by atoms with E-state index in [2.05, 4.69) is 5.32 Å². The number of benzene rings is 1. The van der Waals surface area contributed by atoms with E-state index in [0.717, 1.165) is 17.8 Å². The summed E-state index contributed by atoms with van der Waals surface area (Å²) in [6.45, 7) is 0.770. The van der Waals surface area contributed by atoms with E-state index in [0.29, 0.717) is 16.5 Å². The molecular formula is C9H9Cl2NO. The molecule has 4 heteroatoms. The molecule has 1 heterocycles. The van der Waals surface area contributed by atoms with Crippen LogP contribution in [0, 0.1) is 0 Å². The summed E-state index contributed by atoms with van der Waals surface area (Å²) in [5.41, 5.74) is 1.61. The van der Waals surface area contributed by atoms with Crippen LogP contribution in [0.4, 0.5) is 5.69 Å². The zero-order valence-electron chi connectivity index (χ0n) is 6.85. The molecule has 0 bridgehead atoms. The Morgan fingerprint density at radius 1 is 1.38 bits per heavy atom. The molecule has 0 radical (unpaired) electrons. The molecule has 2 rings (SSSR count). The Morgan fingerprint density at radius 2 is 2.15 bits per heavy atom. The van der Waals surface area contributed by atoms with Crippen molar-refractivity contribution in [3.8, 4) is 0 Å². The number of anilines is 1. The fraction of sp³-hybridized carbons (Fsp3) is 0.333. The molecule has 1 aromatic carbocycles. The van der Waals surface area contributed by atoms with E-state index >= 15 is 0 Å². The number of halogens is 2. The van der Waals surface area contributed by atoms with Gasteiger partial charge in [0.25, 0.3) is 0 Å². The van der Waals surface area contributed by atoms with E-state index < -0.39 is 6.10 Å². The molecule has 2 nitrogen and oxygen atoms in total. The van der Waals surface area contributed by atoms with Crippen LogP contribution in [0.3, 0.4) is 0 Å². The maximum Gasteiger partial charge on any atom is 0.0842 e. The standard InChI is InChI=1S/C9H9Cl2NO/c10-5-1-2-6-8(9(5)11)7(13)3-4-12-6/h1-2,7,12-13H,3-4H2. The Balaban J connectivity index is 2.58. The molecular weight excluding hydrogens is 209 g/mol. The molecule has 0 aliphatic carbocycles. The molecule has 0 amide bonds. The van der Waals surface area contributed by atoms with Crippen LogP contribution in [-0.2, 0) is 0 Å². The Hall–Kier alpha value is -0.440. The van der Waals surface area contributed by atoms with Gasteiger partial charge >= 0.3 is 0 Å². The number of hydrogen-bond acceptors (Lipinski definition) is 2. The summed E-state index contributed by atoms with van der Waals surface area (Å²) in [6, 6.07) is 3.57. The van der Waals surface area contributed by atoms with E-state index in [1.165, 1.54) is 0 Å². The summed E-state index contributed by atoms with van der Waals surface area (Å²) in [5, 5.41) is 13.8. The highest BCUT2D eigenvalue weighted by atomic mass is 35.5. The van der Waals surface area contributed by atoms with Crippen molar-refractivity contribution in [3.63, 3.8) is 0 Å². The number of aliphatic hydroxyl groups is 1. The molecule has 0 saturated carbocycles. The van der Waals surface area contributed by atoms with Crippen molar-refractivity contribution in [2.75, 3.05) is 11.9 Å². The van der Waals surface area contributed by atoms with E-state index in [9.17, 15) is 5.11 Å². The minimum atomic E-state index is -0.498. The number of hydrogen-bond donors (Lipinski definition) is 2. The molecule has 0 spiro atoms. The molecule has 1 aromatic rings. The fourth-order valence-electron chi connectivity index (χ4n) is 1.53. The first kappa shape index (κ1) is 9.13. The predicted molar refractivity (Wildman–Crippen MR) is 54.5 cm³/mol. The van der Waals surface area contributed by atoms with Crippen LogP contribution in [-0.4, -0.2) is 11.7 Å². The van der Waals surface area contributed by atoms with Gasteiger partial charge in [-0.2, -0.15) is 0 Å². The van der Waals surface area contributed by atoms with Crippen molar-refractivity contribution in [3.05, 3.63) is 27.7 Å². The number of fused-ring (bicyclic) bond motifs is 1. The molecule has 70 valence electrons. The van der Waals surface area contributed by atoms with Gasteiger partial charge in [-0.25, -0.2) is 0 Å². The second-order valence-corrected chi connectivity index (χ2v) is 3.84. The zero-order valence-corrected chi connectivity index (χ0v) is 8.36. The summed E-state index contributed by atoms with van der Waals surface area (Å²) >= 11 is 11.8. The van der Waals surface area contributed by atoms with Crippen LogP contribution >= 0.6 is 23.2 Å². The molecule has 13 heavy (non-hydrogen) atoms. The first-order valence-corrected chi connectivity index (χ1v) is 4.85. The molecule has 1 atom stereocenters. The van der Waals surface area contributed by atoms with Crippen molar-refractivity contribution < 1.29 is 5.11 Å². The summed E-state index contributed by atoms with van der Waals surface area (Å²) in [7, 11) is 0. The lowest BCUT2D eigenvalue weighted by Gasteiger charge is -2.24.